The van der Waals surface area contributed by atoms with Crippen molar-refractivity contribution in [1.82, 2.24) is 4.67 Å². The Hall–Kier alpha value is 0.460. The lowest BCUT2D eigenvalue weighted by molar-refractivity contribution is 0.210. The van der Waals surface area contributed by atoms with Crippen LogP contribution in [-0.4, -0.2) is 37.4 Å². The van der Waals surface area contributed by atoms with E-state index in [0.29, 0.717) is 14.7 Å². The molecule has 1 N–H and O–H groups in total. The Morgan fingerprint density at radius 3 is 3.31 bits per heavy atom. The Kier molecular flexibility index (Phi) is 1.84. The highest BCUT2D eigenvalue weighted by Crippen LogP contribution is 2.66. The van der Waals surface area contributed by atoms with Crippen LogP contribution in [0.4, 0.5) is 0 Å². The van der Waals surface area contributed by atoms with E-state index >= 15 is 0 Å². The van der Waals surface area contributed by atoms with Crippen molar-refractivity contribution >= 4 is 20.0 Å². The molecule has 4 nitrogen and oxygen atoms in total. The molecular formula is C7H12NO3PS. The van der Waals surface area contributed by atoms with E-state index in [1.54, 1.807) is 0 Å². The van der Waals surface area contributed by atoms with Gasteiger partial charge in [-0.05, 0) is 18.8 Å². The van der Waals surface area contributed by atoms with E-state index in [9.17, 15) is 4.21 Å². The fraction of sp³-hybridized carbons (Fsp3) is 1.00. The first kappa shape index (κ1) is 8.74. The summed E-state index contributed by atoms with van der Waals surface area (Å²) in [6.45, 7) is 1.12. The summed E-state index contributed by atoms with van der Waals surface area (Å²) in [6.07, 6.45) is 2.46. The summed E-state index contributed by atoms with van der Waals surface area (Å²) < 4.78 is 27.5. The van der Waals surface area contributed by atoms with Crippen LogP contribution >= 0.6 is 8.96 Å². The van der Waals surface area contributed by atoms with Gasteiger partial charge in [0, 0.05) is 6.54 Å². The first-order valence-electron chi connectivity index (χ1n) is 4.50. The molecule has 0 aromatic rings. The van der Waals surface area contributed by atoms with Gasteiger partial charge in [0.15, 0.2) is 11.1 Å². The van der Waals surface area contributed by atoms with Gasteiger partial charge in [0.1, 0.15) is 0 Å². The highest BCUT2D eigenvalue weighted by Gasteiger charge is 2.69. The molecule has 1 spiro atoms. The molecule has 13 heavy (non-hydrogen) atoms. The first-order valence-corrected chi connectivity index (χ1v) is 6.63. The molecule has 74 valence electrons. The van der Waals surface area contributed by atoms with Crippen LogP contribution in [0.3, 0.4) is 0 Å². The molecule has 6 heteroatoms. The summed E-state index contributed by atoms with van der Waals surface area (Å²) in [4.78, 5) is 0. The molecule has 5 unspecified atom stereocenters. The van der Waals surface area contributed by atoms with Gasteiger partial charge in [0.2, 0.25) is 0 Å². The summed E-state index contributed by atoms with van der Waals surface area (Å²) in [7, 11) is 0.423. The van der Waals surface area contributed by atoms with Crippen molar-refractivity contribution in [1.29, 1.82) is 0 Å². The molecular weight excluding hydrogens is 209 g/mol. The minimum atomic E-state index is -1.71. The van der Waals surface area contributed by atoms with Crippen molar-refractivity contribution in [2.24, 2.45) is 5.92 Å². The van der Waals surface area contributed by atoms with Crippen LogP contribution in [0, 0.1) is 5.92 Å². The molecule has 0 radical (unpaired) electrons. The first-order chi connectivity index (χ1) is 6.23. The minimum Gasteiger partial charge on any atom is -0.340 e. The maximum atomic E-state index is 10.7. The lowest BCUT2D eigenvalue weighted by atomic mass is 10.1. The monoisotopic (exact) mass is 221 g/mol. The zero-order valence-corrected chi connectivity index (χ0v) is 8.92. The largest absolute Gasteiger partial charge is 0.340 e. The van der Waals surface area contributed by atoms with Crippen LogP contribution < -0.4 is 0 Å². The number of nitrogens with zero attached hydrogens (tertiary/aromatic N) is 1. The fourth-order valence-electron chi connectivity index (χ4n) is 2.75. The summed E-state index contributed by atoms with van der Waals surface area (Å²) in [5.74, 6) is 1.04. The van der Waals surface area contributed by atoms with E-state index < -0.39 is 11.1 Å². The third-order valence-corrected chi connectivity index (χ3v) is 5.32. The average molecular weight is 221 g/mol. The molecule has 0 aromatic heterocycles. The highest BCUT2D eigenvalue weighted by atomic mass is 32.2. The second kappa shape index (κ2) is 2.74. The molecule has 1 saturated carbocycles. The van der Waals surface area contributed by atoms with Crippen LogP contribution in [0.15, 0.2) is 0 Å². The lowest BCUT2D eigenvalue weighted by Crippen LogP contribution is -2.37. The standard InChI is InChI=1S/C7H12NO3PS/c9-13(10)4-6-7-3-5(7)1-2-8(7)12-11-6/h5-6,12H,1-4H2,(H,9,10). The van der Waals surface area contributed by atoms with Crippen molar-refractivity contribution in [3.8, 4) is 0 Å². The summed E-state index contributed by atoms with van der Waals surface area (Å²) >= 11 is -1.71. The fourth-order valence-corrected chi connectivity index (χ4v) is 4.83. The molecule has 0 amide bonds. The van der Waals surface area contributed by atoms with Gasteiger partial charge < -0.3 is 9.08 Å². The number of hydrogen-bond acceptors (Lipinski definition) is 3. The van der Waals surface area contributed by atoms with E-state index in [1.807, 2.05) is 0 Å². The van der Waals surface area contributed by atoms with Crippen molar-refractivity contribution in [3.63, 3.8) is 0 Å². The van der Waals surface area contributed by atoms with E-state index in [-0.39, 0.29) is 11.6 Å². The van der Waals surface area contributed by atoms with Gasteiger partial charge >= 0.3 is 0 Å². The van der Waals surface area contributed by atoms with Gasteiger partial charge in [-0.3, -0.25) is 4.67 Å². The lowest BCUT2D eigenvalue weighted by Gasteiger charge is -2.19. The maximum Gasteiger partial charge on any atom is 0.155 e. The predicted molar refractivity (Wildman–Crippen MR) is 51.0 cm³/mol. The van der Waals surface area contributed by atoms with Gasteiger partial charge in [-0.15, -0.1) is 0 Å². The van der Waals surface area contributed by atoms with Crippen LogP contribution in [0.5, 0.6) is 0 Å². The van der Waals surface area contributed by atoms with E-state index in [0.717, 1.165) is 12.5 Å². The van der Waals surface area contributed by atoms with Gasteiger partial charge in [-0.1, -0.05) is 0 Å². The van der Waals surface area contributed by atoms with E-state index in [1.165, 1.54) is 12.8 Å². The molecule has 0 bridgehead atoms. The van der Waals surface area contributed by atoms with Gasteiger partial charge in [0.05, 0.1) is 26.4 Å². The second-order valence-electron chi connectivity index (χ2n) is 4.02. The zero-order chi connectivity index (χ0) is 9.05. The Morgan fingerprint density at radius 1 is 1.77 bits per heavy atom. The number of rotatable bonds is 2. The number of hydrogen-bond donors (Lipinski definition) is 1. The second-order valence-corrected chi connectivity index (χ2v) is 5.95. The van der Waals surface area contributed by atoms with Gasteiger partial charge in [0.25, 0.3) is 0 Å². The molecule has 2 saturated heterocycles. The Bertz CT molecular complexity index is 276. The number of piperidine rings is 1. The molecule has 2 heterocycles. The highest BCUT2D eigenvalue weighted by molar-refractivity contribution is 7.79. The smallest absolute Gasteiger partial charge is 0.155 e. The van der Waals surface area contributed by atoms with E-state index in [4.69, 9.17) is 9.08 Å². The van der Waals surface area contributed by atoms with Crippen LogP contribution in [-0.2, 0) is 15.6 Å². The van der Waals surface area contributed by atoms with Crippen LogP contribution in [0.2, 0.25) is 0 Å². The quantitative estimate of drug-likeness (QED) is 0.547. The predicted octanol–water partition coefficient (Wildman–Crippen LogP) is 0.580. The molecule has 1 aliphatic carbocycles. The van der Waals surface area contributed by atoms with Gasteiger partial charge in [-0.25, -0.2) is 4.21 Å². The maximum absolute atomic E-state index is 10.7. The molecule has 0 aromatic carbocycles. The molecule has 3 aliphatic rings. The van der Waals surface area contributed by atoms with Crippen LogP contribution in [0.25, 0.3) is 0 Å². The van der Waals surface area contributed by atoms with Crippen molar-refractivity contribution < 1.29 is 13.3 Å². The van der Waals surface area contributed by atoms with E-state index in [2.05, 4.69) is 4.67 Å². The minimum absolute atomic E-state index is 0.0177. The summed E-state index contributed by atoms with van der Waals surface area (Å²) in [5.41, 5.74) is 0.191. The van der Waals surface area contributed by atoms with Crippen molar-refractivity contribution in [2.75, 3.05) is 12.3 Å². The topological polar surface area (TPSA) is 49.8 Å². The SMILES string of the molecule is O=S(O)CC1OPN2CCC3CC312. The summed E-state index contributed by atoms with van der Waals surface area (Å²) in [5, 5.41) is 0. The molecule has 3 fully saturated rings. The van der Waals surface area contributed by atoms with Gasteiger partial charge in [-0.2, -0.15) is 0 Å². The average Bonchev–Trinajstić information content (AvgIpc) is 2.52. The summed E-state index contributed by atoms with van der Waals surface area (Å²) in [6, 6.07) is 0. The third kappa shape index (κ3) is 1.08. The zero-order valence-electron chi connectivity index (χ0n) is 7.10. The van der Waals surface area contributed by atoms with Crippen molar-refractivity contribution in [2.45, 2.75) is 24.5 Å². The third-order valence-electron chi connectivity index (χ3n) is 3.48. The molecule has 5 atom stereocenters. The Balaban J connectivity index is 1.80. The Morgan fingerprint density at radius 2 is 2.62 bits per heavy atom. The molecule has 3 rings (SSSR count). The molecule has 2 aliphatic heterocycles. The normalized spacial score (nSPS) is 52.1. The van der Waals surface area contributed by atoms with Crippen molar-refractivity contribution in [3.05, 3.63) is 0 Å². The Labute approximate surface area is 81.2 Å². The van der Waals surface area contributed by atoms with Crippen LogP contribution in [0.1, 0.15) is 12.8 Å².